The summed E-state index contributed by atoms with van der Waals surface area (Å²) in [6, 6.07) is 16.1. The van der Waals surface area contributed by atoms with E-state index in [1.807, 2.05) is 0 Å². The molecule has 3 rings (SSSR count). The molecule has 0 fully saturated rings. The van der Waals surface area contributed by atoms with Crippen molar-refractivity contribution in [2.75, 3.05) is 5.32 Å². The van der Waals surface area contributed by atoms with Gasteiger partial charge in [-0.05, 0) is 43.2 Å². The van der Waals surface area contributed by atoms with Gasteiger partial charge in [-0.25, -0.2) is 13.8 Å². The first kappa shape index (κ1) is 20.5. The fraction of sp³-hybridized carbons (Fsp3) is 0.136. The fourth-order valence-electron chi connectivity index (χ4n) is 2.84. The third kappa shape index (κ3) is 4.61. The number of nitriles is 1. The van der Waals surface area contributed by atoms with Gasteiger partial charge in [0.15, 0.2) is 0 Å². The van der Waals surface area contributed by atoms with Crippen molar-refractivity contribution < 1.29 is 13.6 Å². The Bertz CT molecular complexity index is 1080. The van der Waals surface area contributed by atoms with Gasteiger partial charge in [-0.3, -0.25) is 4.79 Å². The summed E-state index contributed by atoms with van der Waals surface area (Å²) < 4.78 is 28.0. The van der Waals surface area contributed by atoms with Gasteiger partial charge in [-0.1, -0.05) is 48.2 Å². The van der Waals surface area contributed by atoms with Crippen molar-refractivity contribution in [1.29, 1.82) is 5.26 Å². The lowest BCUT2D eigenvalue weighted by atomic mass is 10.1. The number of thioether (sulfide) groups is 1. The van der Waals surface area contributed by atoms with E-state index in [2.05, 4.69) is 16.4 Å². The summed E-state index contributed by atoms with van der Waals surface area (Å²) in [5, 5.41) is 11.4. The highest BCUT2D eigenvalue weighted by Crippen LogP contribution is 2.38. The first-order valence-corrected chi connectivity index (χ1v) is 9.63. The van der Waals surface area contributed by atoms with Crippen molar-refractivity contribution in [3.8, 4) is 6.07 Å². The minimum Gasteiger partial charge on any atom is -0.320 e. The second kappa shape index (κ2) is 8.84. The molecular formula is C22H17F2N3OS. The SMILES string of the molecule is Cc1cc(C)c(C#N)c(S[C@@H](C(=O)Nc2c(F)cccc2F)c2ccccc2)n1. The number of aromatic nitrogens is 1. The second-order valence-electron chi connectivity index (χ2n) is 6.37. The Hall–Kier alpha value is -3.24. The van der Waals surface area contributed by atoms with E-state index >= 15 is 0 Å². The van der Waals surface area contributed by atoms with E-state index in [0.29, 0.717) is 21.8 Å². The number of nitrogens with one attached hydrogen (secondary N) is 1. The van der Waals surface area contributed by atoms with Gasteiger partial charge in [0, 0.05) is 5.69 Å². The smallest absolute Gasteiger partial charge is 0.242 e. The number of hydrogen-bond acceptors (Lipinski definition) is 4. The molecule has 0 saturated heterocycles. The Morgan fingerprint density at radius 3 is 2.38 bits per heavy atom. The number of hydrogen-bond donors (Lipinski definition) is 1. The molecule has 1 N–H and O–H groups in total. The van der Waals surface area contributed by atoms with Crippen molar-refractivity contribution in [1.82, 2.24) is 4.98 Å². The molecule has 29 heavy (non-hydrogen) atoms. The van der Waals surface area contributed by atoms with Crippen LogP contribution in [0.1, 0.15) is 27.6 Å². The molecule has 1 amide bonds. The van der Waals surface area contributed by atoms with Gasteiger partial charge >= 0.3 is 0 Å². The third-order valence-corrected chi connectivity index (χ3v) is 5.44. The Balaban J connectivity index is 2.01. The van der Waals surface area contributed by atoms with Crippen LogP contribution in [-0.4, -0.2) is 10.9 Å². The molecule has 0 aliphatic heterocycles. The molecule has 0 unspecified atom stereocenters. The number of pyridine rings is 1. The van der Waals surface area contributed by atoms with E-state index in [1.54, 1.807) is 50.2 Å². The van der Waals surface area contributed by atoms with Crippen LogP contribution < -0.4 is 5.32 Å². The number of carbonyl (C=O) groups is 1. The van der Waals surface area contributed by atoms with Crippen LogP contribution in [0.15, 0.2) is 59.6 Å². The van der Waals surface area contributed by atoms with Gasteiger partial charge in [0.25, 0.3) is 0 Å². The van der Waals surface area contributed by atoms with Crippen LogP contribution in [0.3, 0.4) is 0 Å². The largest absolute Gasteiger partial charge is 0.320 e. The standard InChI is InChI=1S/C22H17F2N3OS/c1-13-11-14(2)26-22(16(13)12-25)29-20(15-7-4-3-5-8-15)21(28)27-19-17(23)9-6-10-18(19)24/h3-11,20H,1-2H3,(H,27,28)/t20-/m1/s1. The number of amides is 1. The molecule has 1 aromatic heterocycles. The van der Waals surface area contributed by atoms with Gasteiger partial charge in [0.1, 0.15) is 33.7 Å². The van der Waals surface area contributed by atoms with E-state index < -0.39 is 28.5 Å². The minimum absolute atomic E-state index is 0.367. The predicted octanol–water partition coefficient (Wildman–Crippen LogP) is 5.32. The number of benzene rings is 2. The quantitative estimate of drug-likeness (QED) is 0.579. The molecule has 1 atom stereocenters. The van der Waals surface area contributed by atoms with E-state index in [4.69, 9.17) is 0 Å². The number of anilines is 1. The number of rotatable bonds is 5. The predicted molar refractivity (Wildman–Crippen MR) is 108 cm³/mol. The molecule has 4 nitrogen and oxygen atoms in total. The number of nitrogens with zero attached hydrogens (tertiary/aromatic N) is 2. The minimum atomic E-state index is -0.865. The third-order valence-electron chi connectivity index (χ3n) is 4.20. The van der Waals surface area contributed by atoms with Crippen molar-refractivity contribution in [2.24, 2.45) is 0 Å². The first-order chi connectivity index (χ1) is 13.9. The number of aryl methyl sites for hydroxylation is 2. The summed E-state index contributed by atoms with van der Waals surface area (Å²) >= 11 is 1.07. The molecule has 146 valence electrons. The summed E-state index contributed by atoms with van der Waals surface area (Å²) in [6.07, 6.45) is 0. The maximum Gasteiger partial charge on any atom is 0.242 e. The highest BCUT2D eigenvalue weighted by atomic mass is 32.2. The highest BCUT2D eigenvalue weighted by molar-refractivity contribution is 8.00. The molecule has 3 aromatic rings. The zero-order valence-corrected chi connectivity index (χ0v) is 16.6. The van der Waals surface area contributed by atoms with Crippen LogP contribution >= 0.6 is 11.8 Å². The summed E-state index contributed by atoms with van der Waals surface area (Å²) in [6.45, 7) is 3.59. The fourth-order valence-corrected chi connectivity index (χ4v) is 4.05. The van der Waals surface area contributed by atoms with E-state index in [-0.39, 0.29) is 0 Å². The van der Waals surface area contributed by atoms with Crippen LogP contribution in [0.5, 0.6) is 0 Å². The molecular weight excluding hydrogens is 392 g/mol. The topological polar surface area (TPSA) is 65.8 Å². The van der Waals surface area contributed by atoms with E-state index in [0.717, 1.165) is 29.5 Å². The van der Waals surface area contributed by atoms with Crippen molar-refractivity contribution in [3.63, 3.8) is 0 Å². The average Bonchev–Trinajstić information content (AvgIpc) is 2.69. The van der Waals surface area contributed by atoms with Crippen molar-refractivity contribution in [2.45, 2.75) is 24.1 Å². The van der Waals surface area contributed by atoms with Gasteiger partial charge in [0.05, 0.1) is 5.56 Å². The van der Waals surface area contributed by atoms with Gasteiger partial charge in [0.2, 0.25) is 5.91 Å². The van der Waals surface area contributed by atoms with Gasteiger partial charge in [-0.15, -0.1) is 0 Å². The zero-order valence-electron chi connectivity index (χ0n) is 15.7. The van der Waals surface area contributed by atoms with Crippen LogP contribution in [0.2, 0.25) is 0 Å². The Labute approximate surface area is 171 Å². The summed E-state index contributed by atoms with van der Waals surface area (Å²) in [5.74, 6) is -2.34. The Morgan fingerprint density at radius 2 is 1.76 bits per heavy atom. The molecule has 0 radical (unpaired) electrons. The molecule has 0 aliphatic rings. The number of halogens is 2. The molecule has 1 heterocycles. The van der Waals surface area contributed by atoms with E-state index in [9.17, 15) is 18.8 Å². The lowest BCUT2D eigenvalue weighted by Crippen LogP contribution is -2.21. The van der Waals surface area contributed by atoms with Crippen molar-refractivity contribution >= 4 is 23.4 Å². The molecule has 7 heteroatoms. The monoisotopic (exact) mass is 409 g/mol. The number of carbonyl (C=O) groups excluding carboxylic acids is 1. The Kier molecular flexibility index (Phi) is 6.25. The maximum absolute atomic E-state index is 14.0. The summed E-state index contributed by atoms with van der Waals surface area (Å²) in [5.41, 5.74) is 1.93. The summed E-state index contributed by atoms with van der Waals surface area (Å²) in [7, 11) is 0. The molecule has 0 bridgehead atoms. The van der Waals surface area contributed by atoms with Gasteiger partial charge < -0.3 is 5.32 Å². The molecule has 0 aliphatic carbocycles. The Morgan fingerprint density at radius 1 is 1.10 bits per heavy atom. The first-order valence-electron chi connectivity index (χ1n) is 8.75. The number of para-hydroxylation sites is 1. The lowest BCUT2D eigenvalue weighted by molar-refractivity contribution is -0.115. The summed E-state index contributed by atoms with van der Waals surface area (Å²) in [4.78, 5) is 17.4. The zero-order chi connectivity index (χ0) is 21.0. The second-order valence-corrected chi connectivity index (χ2v) is 7.46. The lowest BCUT2D eigenvalue weighted by Gasteiger charge is -2.18. The van der Waals surface area contributed by atoms with Crippen LogP contribution in [0.25, 0.3) is 0 Å². The van der Waals surface area contributed by atoms with Crippen LogP contribution in [0.4, 0.5) is 14.5 Å². The van der Waals surface area contributed by atoms with Crippen LogP contribution in [0, 0.1) is 36.8 Å². The highest BCUT2D eigenvalue weighted by Gasteiger charge is 2.26. The normalized spacial score (nSPS) is 11.6. The van der Waals surface area contributed by atoms with E-state index in [1.165, 1.54) is 6.07 Å². The van der Waals surface area contributed by atoms with Crippen molar-refractivity contribution in [3.05, 3.63) is 88.6 Å². The molecule has 0 saturated carbocycles. The molecule has 0 spiro atoms. The molecule has 2 aromatic carbocycles. The maximum atomic E-state index is 14.0. The average molecular weight is 409 g/mol. The van der Waals surface area contributed by atoms with Crippen LogP contribution in [-0.2, 0) is 4.79 Å². The van der Waals surface area contributed by atoms with Gasteiger partial charge in [-0.2, -0.15) is 5.26 Å².